The van der Waals surface area contributed by atoms with Gasteiger partial charge in [0, 0.05) is 11.9 Å². The first-order chi connectivity index (χ1) is 11.2. The molecule has 0 radical (unpaired) electrons. The molecule has 1 N–H and O–H groups in total. The van der Waals surface area contributed by atoms with Gasteiger partial charge in [-0.3, -0.25) is 0 Å². The highest BCUT2D eigenvalue weighted by molar-refractivity contribution is 5.89. The fourth-order valence-electron chi connectivity index (χ4n) is 2.06. The molecule has 0 unspecified atom stereocenters. The van der Waals surface area contributed by atoms with Crippen LogP contribution in [0.2, 0.25) is 0 Å². The number of aryl methyl sites for hydroxylation is 1. The summed E-state index contributed by atoms with van der Waals surface area (Å²) in [5, 5.41) is 7.49. The first kappa shape index (κ1) is 14.7. The second-order valence-corrected chi connectivity index (χ2v) is 5.07. The van der Waals surface area contributed by atoms with Gasteiger partial charge >= 0.3 is 6.03 Å². The van der Waals surface area contributed by atoms with Gasteiger partial charge in [-0.1, -0.05) is 35.9 Å². The van der Waals surface area contributed by atoms with E-state index in [9.17, 15) is 4.79 Å². The van der Waals surface area contributed by atoms with Gasteiger partial charge in [0.2, 0.25) is 0 Å². The van der Waals surface area contributed by atoms with Crippen molar-refractivity contribution in [2.24, 2.45) is 4.99 Å². The van der Waals surface area contributed by atoms with Gasteiger partial charge in [-0.15, -0.1) is 0 Å². The van der Waals surface area contributed by atoms with Crippen LogP contribution in [-0.2, 0) is 0 Å². The molecule has 1 heterocycles. The molecule has 3 rings (SSSR count). The maximum absolute atomic E-state index is 11.9. The number of aromatic nitrogens is 2. The molecule has 5 heteroatoms. The van der Waals surface area contributed by atoms with Crippen LogP contribution in [0.1, 0.15) is 5.56 Å². The van der Waals surface area contributed by atoms with Crippen molar-refractivity contribution in [3.63, 3.8) is 0 Å². The standard InChI is InChI=1S/C18H16N4O/c1-14-7-9-15(10-8-14)20-18(23)21-16-11-12-22(19-13-16)17-5-3-2-4-6-17/h2-13H,1H3,(H,20,23)/b21-16+. The van der Waals surface area contributed by atoms with Crippen LogP contribution in [0.4, 0.5) is 10.5 Å². The molecule has 3 aromatic rings. The van der Waals surface area contributed by atoms with Crippen molar-refractivity contribution < 1.29 is 4.79 Å². The second kappa shape index (κ2) is 6.70. The third-order valence-electron chi connectivity index (χ3n) is 3.26. The Hall–Kier alpha value is -3.21. The SMILES string of the molecule is Cc1ccc(NC(=O)/N=c2\ccn(-c3ccccc3)nc2)cc1. The number of anilines is 1. The van der Waals surface area contributed by atoms with Crippen LogP contribution in [0.5, 0.6) is 0 Å². The fraction of sp³-hybridized carbons (Fsp3) is 0.0556. The Morgan fingerprint density at radius 1 is 1.04 bits per heavy atom. The van der Waals surface area contributed by atoms with Gasteiger partial charge in [-0.2, -0.15) is 10.1 Å². The van der Waals surface area contributed by atoms with E-state index in [0.717, 1.165) is 11.3 Å². The van der Waals surface area contributed by atoms with Crippen LogP contribution < -0.4 is 10.7 Å². The highest BCUT2D eigenvalue weighted by Crippen LogP contribution is 2.08. The maximum atomic E-state index is 11.9. The fourth-order valence-corrected chi connectivity index (χ4v) is 2.06. The lowest BCUT2D eigenvalue weighted by atomic mass is 10.2. The summed E-state index contributed by atoms with van der Waals surface area (Å²) in [7, 11) is 0. The number of rotatable bonds is 2. The molecule has 0 aliphatic carbocycles. The first-order valence-electron chi connectivity index (χ1n) is 7.23. The zero-order valence-electron chi connectivity index (χ0n) is 12.7. The van der Waals surface area contributed by atoms with E-state index in [1.165, 1.54) is 0 Å². The number of nitrogens with zero attached hydrogens (tertiary/aromatic N) is 3. The molecule has 0 aliphatic heterocycles. The second-order valence-electron chi connectivity index (χ2n) is 5.07. The summed E-state index contributed by atoms with van der Waals surface area (Å²) in [6.45, 7) is 1.99. The first-order valence-corrected chi connectivity index (χ1v) is 7.23. The molecule has 2 aromatic carbocycles. The van der Waals surface area contributed by atoms with Crippen molar-refractivity contribution in [2.45, 2.75) is 6.92 Å². The number of nitrogens with one attached hydrogen (secondary N) is 1. The minimum atomic E-state index is -0.423. The largest absolute Gasteiger partial charge is 0.345 e. The van der Waals surface area contributed by atoms with E-state index in [-0.39, 0.29) is 0 Å². The summed E-state index contributed by atoms with van der Waals surface area (Å²) in [5.41, 5.74) is 2.80. The van der Waals surface area contributed by atoms with Crippen LogP contribution >= 0.6 is 0 Å². The minimum absolute atomic E-state index is 0.423. The Morgan fingerprint density at radius 3 is 2.43 bits per heavy atom. The summed E-state index contributed by atoms with van der Waals surface area (Å²) >= 11 is 0. The molecule has 0 fully saturated rings. The van der Waals surface area contributed by atoms with Crippen LogP contribution in [0.25, 0.3) is 5.69 Å². The van der Waals surface area contributed by atoms with Crippen molar-refractivity contribution in [3.05, 3.63) is 84.0 Å². The smallest absolute Gasteiger partial charge is 0.306 e. The molecule has 114 valence electrons. The van der Waals surface area contributed by atoms with Crippen LogP contribution in [0.3, 0.4) is 0 Å². The molecule has 23 heavy (non-hydrogen) atoms. The zero-order chi connectivity index (χ0) is 16.1. The van der Waals surface area contributed by atoms with Crippen molar-refractivity contribution in [1.29, 1.82) is 0 Å². The highest BCUT2D eigenvalue weighted by Gasteiger charge is 1.99. The Balaban J connectivity index is 1.74. The summed E-state index contributed by atoms with van der Waals surface area (Å²) in [6, 6.07) is 18.6. The van der Waals surface area contributed by atoms with E-state index >= 15 is 0 Å². The molecule has 1 aromatic heterocycles. The van der Waals surface area contributed by atoms with Crippen molar-refractivity contribution >= 4 is 11.7 Å². The number of hydrogen-bond donors (Lipinski definition) is 1. The van der Waals surface area contributed by atoms with Crippen molar-refractivity contribution in [1.82, 2.24) is 9.78 Å². The van der Waals surface area contributed by atoms with Gasteiger partial charge in [-0.05, 0) is 37.3 Å². The average molecular weight is 304 g/mol. The molecule has 0 saturated heterocycles. The number of amides is 2. The van der Waals surface area contributed by atoms with E-state index in [2.05, 4.69) is 15.4 Å². The molecule has 0 spiro atoms. The van der Waals surface area contributed by atoms with E-state index in [1.54, 1.807) is 23.1 Å². The van der Waals surface area contributed by atoms with Crippen LogP contribution in [0.15, 0.2) is 78.0 Å². The molecule has 0 saturated carbocycles. The number of carbonyl (C=O) groups excluding carboxylic acids is 1. The normalized spacial score (nSPS) is 11.3. The van der Waals surface area contributed by atoms with Gasteiger partial charge in [-0.25, -0.2) is 9.48 Å². The lowest BCUT2D eigenvalue weighted by Crippen LogP contribution is -2.14. The lowest BCUT2D eigenvalue weighted by molar-refractivity contribution is 0.259. The average Bonchev–Trinajstić information content (AvgIpc) is 2.58. The molecule has 0 atom stereocenters. The monoisotopic (exact) mass is 304 g/mol. The molecule has 0 aliphatic rings. The van der Waals surface area contributed by atoms with Gasteiger partial charge in [0.1, 0.15) is 0 Å². The summed E-state index contributed by atoms with van der Waals surface area (Å²) < 4.78 is 1.72. The van der Waals surface area contributed by atoms with E-state index < -0.39 is 6.03 Å². The highest BCUT2D eigenvalue weighted by atomic mass is 16.2. The minimum Gasteiger partial charge on any atom is -0.306 e. The molecule has 5 nitrogen and oxygen atoms in total. The van der Waals surface area contributed by atoms with E-state index in [4.69, 9.17) is 0 Å². The number of hydrogen-bond acceptors (Lipinski definition) is 2. The Morgan fingerprint density at radius 2 is 1.78 bits per heavy atom. The van der Waals surface area contributed by atoms with Gasteiger partial charge in [0.05, 0.1) is 17.2 Å². The molecule has 0 bridgehead atoms. The predicted octanol–water partition coefficient (Wildman–Crippen LogP) is 3.31. The summed E-state index contributed by atoms with van der Waals surface area (Å²) in [5.74, 6) is 0. The predicted molar refractivity (Wildman–Crippen MR) is 89.3 cm³/mol. The zero-order valence-corrected chi connectivity index (χ0v) is 12.7. The van der Waals surface area contributed by atoms with Gasteiger partial charge < -0.3 is 5.32 Å². The molecule has 2 amide bonds. The van der Waals surface area contributed by atoms with Gasteiger partial charge in [0.25, 0.3) is 0 Å². The Kier molecular flexibility index (Phi) is 4.29. The molecular formula is C18H16N4O. The Bertz CT molecular complexity index is 847. The third-order valence-corrected chi connectivity index (χ3v) is 3.26. The summed E-state index contributed by atoms with van der Waals surface area (Å²) in [4.78, 5) is 15.9. The van der Waals surface area contributed by atoms with Crippen LogP contribution in [0, 0.1) is 6.92 Å². The third kappa shape index (κ3) is 3.91. The van der Waals surface area contributed by atoms with Gasteiger partial charge in [0.15, 0.2) is 0 Å². The van der Waals surface area contributed by atoms with Crippen LogP contribution in [-0.4, -0.2) is 15.8 Å². The van der Waals surface area contributed by atoms with Crippen molar-refractivity contribution in [3.8, 4) is 5.69 Å². The quantitative estimate of drug-likeness (QED) is 0.789. The topological polar surface area (TPSA) is 59.3 Å². The lowest BCUT2D eigenvalue weighted by Gasteiger charge is -2.04. The Labute approximate surface area is 133 Å². The number of para-hydroxylation sites is 1. The number of benzene rings is 2. The van der Waals surface area contributed by atoms with Crippen molar-refractivity contribution in [2.75, 3.05) is 5.32 Å². The number of carbonyl (C=O) groups is 1. The molecular weight excluding hydrogens is 288 g/mol. The summed E-state index contributed by atoms with van der Waals surface area (Å²) in [6.07, 6.45) is 3.33. The number of urea groups is 1. The maximum Gasteiger partial charge on any atom is 0.345 e. The van der Waals surface area contributed by atoms with E-state index in [0.29, 0.717) is 11.0 Å². The van der Waals surface area contributed by atoms with E-state index in [1.807, 2.05) is 61.5 Å².